The maximum Gasteiger partial charge on any atom is 0.392 e. The minimum Gasteiger partial charge on any atom is -0.293 e. The predicted molar refractivity (Wildman–Crippen MR) is 50.5 cm³/mol. The van der Waals surface area contributed by atoms with E-state index in [1.165, 1.54) is 0 Å². The second-order valence-electron chi connectivity index (χ2n) is 3.55. The highest BCUT2D eigenvalue weighted by atomic mass is 19.4. The summed E-state index contributed by atoms with van der Waals surface area (Å²) in [6, 6.07) is 0. The smallest absolute Gasteiger partial charge is 0.293 e. The van der Waals surface area contributed by atoms with E-state index in [2.05, 4.69) is 4.99 Å². The number of aliphatic imine (C=N–C) groups is 1. The fraction of sp³-hybridized carbons (Fsp3) is 0.700. The van der Waals surface area contributed by atoms with Crippen molar-refractivity contribution in [1.82, 2.24) is 0 Å². The fourth-order valence-corrected chi connectivity index (χ4v) is 1.60. The minimum absolute atomic E-state index is 0.103. The fourth-order valence-electron chi connectivity index (χ4n) is 1.60. The molecule has 1 atom stereocenters. The largest absolute Gasteiger partial charge is 0.392 e. The molecule has 0 bridgehead atoms. The van der Waals surface area contributed by atoms with Crippen LogP contribution in [0.15, 0.2) is 16.6 Å². The lowest BCUT2D eigenvalue weighted by Crippen LogP contribution is -2.25. The van der Waals surface area contributed by atoms with E-state index >= 15 is 0 Å². The van der Waals surface area contributed by atoms with Gasteiger partial charge in [0, 0.05) is 12.8 Å². The number of alkyl halides is 3. The van der Waals surface area contributed by atoms with Crippen LogP contribution in [0.2, 0.25) is 0 Å². The van der Waals surface area contributed by atoms with Gasteiger partial charge in [-0.15, -0.1) is 0 Å². The monoisotopic (exact) mass is 205 g/mol. The Balaban J connectivity index is 2.65. The first kappa shape index (κ1) is 11.3. The Bertz CT molecular complexity index is 263. The Hall–Kier alpha value is -0.800. The van der Waals surface area contributed by atoms with Crippen LogP contribution in [-0.4, -0.2) is 18.9 Å². The number of nitrogens with zero attached hydrogens (tertiary/aromatic N) is 1. The zero-order valence-electron chi connectivity index (χ0n) is 8.36. The normalized spacial score (nSPS) is 24.8. The quantitative estimate of drug-likeness (QED) is 0.582. The molecule has 0 saturated heterocycles. The van der Waals surface area contributed by atoms with Crippen molar-refractivity contribution in [2.45, 2.75) is 32.4 Å². The van der Waals surface area contributed by atoms with E-state index in [4.69, 9.17) is 0 Å². The van der Waals surface area contributed by atoms with Crippen molar-refractivity contribution in [2.75, 3.05) is 7.05 Å². The second kappa shape index (κ2) is 4.15. The molecule has 1 unspecified atom stereocenters. The topological polar surface area (TPSA) is 12.4 Å². The molecule has 0 radical (unpaired) electrons. The average Bonchev–Trinajstić information content (AvgIpc) is 2.15. The highest BCUT2D eigenvalue weighted by Crippen LogP contribution is 2.36. The first-order valence-corrected chi connectivity index (χ1v) is 4.64. The van der Waals surface area contributed by atoms with Crippen molar-refractivity contribution >= 4 is 5.71 Å². The van der Waals surface area contributed by atoms with Gasteiger partial charge in [-0.3, -0.25) is 4.99 Å². The highest BCUT2D eigenvalue weighted by molar-refractivity contribution is 5.98. The molecular formula is C10H14F3N. The molecule has 0 amide bonds. The predicted octanol–water partition coefficient (Wildman–Crippen LogP) is 3.37. The van der Waals surface area contributed by atoms with Crippen LogP contribution in [0.3, 0.4) is 0 Å². The molecule has 0 fully saturated rings. The Kier molecular flexibility index (Phi) is 3.34. The second-order valence-corrected chi connectivity index (χ2v) is 3.55. The lowest BCUT2D eigenvalue weighted by atomic mass is 9.87. The molecule has 0 aromatic rings. The standard InChI is InChI=1S/C10H14F3N/c1-7(14-2)8-3-5-9(6-4-8)10(11,12)13/h3,9H,4-6H2,1-2H3. The summed E-state index contributed by atoms with van der Waals surface area (Å²) in [4.78, 5) is 3.97. The first-order valence-electron chi connectivity index (χ1n) is 4.64. The van der Waals surface area contributed by atoms with Crippen molar-refractivity contribution in [1.29, 1.82) is 0 Å². The molecule has 0 heterocycles. The van der Waals surface area contributed by atoms with Gasteiger partial charge in [0.2, 0.25) is 0 Å². The third-order valence-corrected chi connectivity index (χ3v) is 2.67. The van der Waals surface area contributed by atoms with Crippen LogP contribution < -0.4 is 0 Å². The third-order valence-electron chi connectivity index (χ3n) is 2.67. The van der Waals surface area contributed by atoms with Crippen LogP contribution in [0, 0.1) is 5.92 Å². The van der Waals surface area contributed by atoms with E-state index in [1.54, 1.807) is 13.1 Å². The summed E-state index contributed by atoms with van der Waals surface area (Å²) in [5.74, 6) is -1.16. The van der Waals surface area contributed by atoms with Gasteiger partial charge in [-0.25, -0.2) is 0 Å². The number of halogens is 3. The van der Waals surface area contributed by atoms with Crippen LogP contribution in [0.1, 0.15) is 26.2 Å². The van der Waals surface area contributed by atoms with E-state index in [1.807, 2.05) is 6.92 Å². The molecule has 0 aromatic carbocycles. The lowest BCUT2D eigenvalue weighted by Gasteiger charge is -2.23. The Labute approximate surface area is 81.7 Å². The van der Waals surface area contributed by atoms with Crippen molar-refractivity contribution in [3.63, 3.8) is 0 Å². The van der Waals surface area contributed by atoms with Crippen LogP contribution in [-0.2, 0) is 0 Å². The summed E-state index contributed by atoms with van der Waals surface area (Å²) < 4.78 is 36.9. The van der Waals surface area contributed by atoms with Gasteiger partial charge in [0.05, 0.1) is 5.92 Å². The molecule has 1 aliphatic rings. The van der Waals surface area contributed by atoms with Crippen LogP contribution >= 0.6 is 0 Å². The Morgan fingerprint density at radius 2 is 2.14 bits per heavy atom. The van der Waals surface area contributed by atoms with Gasteiger partial charge < -0.3 is 0 Å². The number of rotatable bonds is 1. The molecule has 1 nitrogen and oxygen atoms in total. The molecule has 0 aromatic heterocycles. The molecule has 0 aliphatic heterocycles. The molecule has 0 N–H and O–H groups in total. The van der Waals surface area contributed by atoms with Crippen molar-refractivity contribution in [3.8, 4) is 0 Å². The average molecular weight is 205 g/mol. The minimum atomic E-state index is -4.04. The molecule has 1 aliphatic carbocycles. The lowest BCUT2D eigenvalue weighted by molar-refractivity contribution is -0.176. The summed E-state index contributed by atoms with van der Waals surface area (Å²) in [5, 5.41) is 0. The Morgan fingerprint density at radius 1 is 1.50 bits per heavy atom. The molecule has 1 rings (SSSR count). The van der Waals surface area contributed by atoms with Gasteiger partial charge >= 0.3 is 6.18 Å². The van der Waals surface area contributed by atoms with E-state index < -0.39 is 12.1 Å². The number of hydrogen-bond acceptors (Lipinski definition) is 1. The molecular weight excluding hydrogens is 191 g/mol. The van der Waals surface area contributed by atoms with E-state index in [-0.39, 0.29) is 12.8 Å². The highest BCUT2D eigenvalue weighted by Gasteiger charge is 2.39. The van der Waals surface area contributed by atoms with Crippen molar-refractivity contribution in [3.05, 3.63) is 11.6 Å². The maximum atomic E-state index is 12.3. The van der Waals surface area contributed by atoms with Gasteiger partial charge in [0.15, 0.2) is 0 Å². The third kappa shape index (κ3) is 2.59. The van der Waals surface area contributed by atoms with E-state index in [0.717, 1.165) is 11.3 Å². The summed E-state index contributed by atoms with van der Waals surface area (Å²) in [6.45, 7) is 1.83. The number of allylic oxidation sites excluding steroid dienone is 2. The van der Waals surface area contributed by atoms with Gasteiger partial charge in [-0.1, -0.05) is 6.08 Å². The zero-order chi connectivity index (χ0) is 10.8. The van der Waals surface area contributed by atoms with E-state index in [9.17, 15) is 13.2 Å². The summed E-state index contributed by atoms with van der Waals surface area (Å²) in [5.41, 5.74) is 1.82. The van der Waals surface area contributed by atoms with Crippen LogP contribution in [0.4, 0.5) is 13.2 Å². The first-order chi connectivity index (χ1) is 6.45. The summed E-state index contributed by atoms with van der Waals surface area (Å²) >= 11 is 0. The van der Waals surface area contributed by atoms with Gasteiger partial charge in [-0.05, 0) is 31.8 Å². The van der Waals surface area contributed by atoms with Gasteiger partial charge in [-0.2, -0.15) is 13.2 Å². The van der Waals surface area contributed by atoms with Crippen LogP contribution in [0.25, 0.3) is 0 Å². The maximum absolute atomic E-state index is 12.3. The van der Waals surface area contributed by atoms with Gasteiger partial charge in [0.1, 0.15) is 0 Å². The SMILES string of the molecule is CN=C(C)C1=CCC(C(F)(F)F)CC1. The van der Waals surface area contributed by atoms with Gasteiger partial charge in [0.25, 0.3) is 0 Å². The molecule has 4 heteroatoms. The zero-order valence-corrected chi connectivity index (χ0v) is 8.36. The van der Waals surface area contributed by atoms with Crippen molar-refractivity contribution in [2.24, 2.45) is 10.9 Å². The molecule has 0 saturated carbocycles. The summed E-state index contributed by atoms with van der Waals surface area (Å²) in [7, 11) is 1.66. The van der Waals surface area contributed by atoms with E-state index in [0.29, 0.717) is 6.42 Å². The summed E-state index contributed by atoms with van der Waals surface area (Å²) in [6.07, 6.45) is -1.58. The molecule has 80 valence electrons. The van der Waals surface area contributed by atoms with Crippen LogP contribution in [0.5, 0.6) is 0 Å². The van der Waals surface area contributed by atoms with Crippen molar-refractivity contribution < 1.29 is 13.2 Å². The molecule has 0 spiro atoms. The molecule has 14 heavy (non-hydrogen) atoms. The Morgan fingerprint density at radius 3 is 2.50 bits per heavy atom. The number of hydrogen-bond donors (Lipinski definition) is 0.